The van der Waals surface area contributed by atoms with E-state index in [1.54, 1.807) is 12.1 Å². The van der Waals surface area contributed by atoms with Crippen molar-refractivity contribution in [1.82, 2.24) is 25.1 Å². The molecule has 0 radical (unpaired) electrons. The molecule has 0 unspecified atom stereocenters. The van der Waals surface area contributed by atoms with Gasteiger partial charge in [0, 0.05) is 16.3 Å². The van der Waals surface area contributed by atoms with Crippen LogP contribution in [0.5, 0.6) is 0 Å². The van der Waals surface area contributed by atoms with Crippen molar-refractivity contribution in [3.63, 3.8) is 0 Å². The molecule has 4 aromatic rings. The molecule has 1 amide bonds. The summed E-state index contributed by atoms with van der Waals surface area (Å²) in [6, 6.07) is 16.8. The Morgan fingerprint density at radius 3 is 2.77 bits per heavy atom. The summed E-state index contributed by atoms with van der Waals surface area (Å²) in [6.45, 7) is 1.97. The van der Waals surface area contributed by atoms with Crippen LogP contribution in [0.1, 0.15) is 5.56 Å². The number of aromatic nitrogens is 5. The highest BCUT2D eigenvalue weighted by atomic mass is 35.5. The van der Waals surface area contributed by atoms with E-state index < -0.39 is 0 Å². The number of halogens is 1. The number of thioether (sulfide) groups is 1. The second kappa shape index (κ2) is 8.60. The first-order valence-corrected chi connectivity index (χ1v) is 10.4. The highest BCUT2D eigenvalue weighted by Gasteiger charge is 2.16. The van der Waals surface area contributed by atoms with E-state index in [0.717, 1.165) is 22.5 Å². The van der Waals surface area contributed by atoms with Gasteiger partial charge in [0.2, 0.25) is 16.9 Å². The van der Waals surface area contributed by atoms with Gasteiger partial charge in [-0.2, -0.15) is 5.10 Å². The molecule has 4 N–H and O–H groups in total. The monoisotopic (exact) mass is 439 g/mol. The number of anilines is 1. The summed E-state index contributed by atoms with van der Waals surface area (Å²) in [5.41, 5.74) is 4.09. The summed E-state index contributed by atoms with van der Waals surface area (Å²) in [5, 5.41) is 19.4. The van der Waals surface area contributed by atoms with E-state index in [9.17, 15) is 4.79 Å². The van der Waals surface area contributed by atoms with E-state index in [1.165, 1.54) is 16.4 Å². The summed E-state index contributed by atoms with van der Waals surface area (Å²) < 4.78 is 1.34. The van der Waals surface area contributed by atoms with Gasteiger partial charge in [-0.1, -0.05) is 47.6 Å². The van der Waals surface area contributed by atoms with Gasteiger partial charge in [0.25, 0.3) is 0 Å². The predicted octanol–water partition coefficient (Wildman–Crippen LogP) is 3.74. The van der Waals surface area contributed by atoms with Crippen molar-refractivity contribution in [2.45, 2.75) is 12.1 Å². The zero-order valence-corrected chi connectivity index (χ0v) is 17.5. The number of rotatable bonds is 6. The lowest BCUT2D eigenvalue weighted by Gasteiger charge is -2.06. The van der Waals surface area contributed by atoms with Gasteiger partial charge in [0.15, 0.2) is 0 Å². The molecular formula is C20H18ClN7OS. The predicted molar refractivity (Wildman–Crippen MR) is 119 cm³/mol. The first-order valence-electron chi connectivity index (χ1n) is 9.01. The molecule has 0 fully saturated rings. The number of nitrogens with zero attached hydrogens (tertiary/aromatic N) is 4. The van der Waals surface area contributed by atoms with Gasteiger partial charge in [-0.25, -0.2) is 4.68 Å². The number of hydrogen-bond acceptors (Lipinski definition) is 6. The molecule has 4 rings (SSSR count). The first kappa shape index (κ1) is 20.0. The van der Waals surface area contributed by atoms with Crippen molar-refractivity contribution < 1.29 is 4.79 Å². The molecule has 0 aliphatic heterocycles. The molecule has 2 heterocycles. The third kappa shape index (κ3) is 4.47. The Bertz CT molecular complexity index is 1190. The topological polar surface area (TPSA) is 115 Å². The second-order valence-corrected chi connectivity index (χ2v) is 7.94. The molecule has 152 valence electrons. The Hall–Kier alpha value is -3.30. The molecule has 10 heteroatoms. The Morgan fingerprint density at radius 1 is 1.20 bits per heavy atom. The Labute approximate surface area is 181 Å². The van der Waals surface area contributed by atoms with Gasteiger partial charge in [-0.05, 0) is 42.8 Å². The fourth-order valence-electron chi connectivity index (χ4n) is 2.81. The molecular weight excluding hydrogens is 422 g/mol. The smallest absolute Gasteiger partial charge is 0.234 e. The number of aromatic amines is 1. The van der Waals surface area contributed by atoms with Crippen LogP contribution >= 0.6 is 23.4 Å². The first-order chi connectivity index (χ1) is 14.5. The molecule has 0 atom stereocenters. The van der Waals surface area contributed by atoms with E-state index in [2.05, 4.69) is 25.7 Å². The van der Waals surface area contributed by atoms with Crippen LogP contribution in [0.2, 0.25) is 5.02 Å². The average molecular weight is 440 g/mol. The highest BCUT2D eigenvalue weighted by molar-refractivity contribution is 7.99. The Morgan fingerprint density at radius 2 is 2.00 bits per heavy atom. The SMILES string of the molecule is Cc1cccc(NC(=O)CSc2nnc(-c3cc(-c4ccc(Cl)cc4)n[nH]3)n2N)c1. The molecule has 0 saturated carbocycles. The minimum Gasteiger partial charge on any atom is -0.335 e. The second-order valence-electron chi connectivity index (χ2n) is 6.56. The number of benzene rings is 2. The maximum atomic E-state index is 12.2. The van der Waals surface area contributed by atoms with Crippen molar-refractivity contribution >= 4 is 35.0 Å². The summed E-state index contributed by atoms with van der Waals surface area (Å²) in [7, 11) is 0. The lowest BCUT2D eigenvalue weighted by Crippen LogP contribution is -2.16. The Kier molecular flexibility index (Phi) is 5.73. The van der Waals surface area contributed by atoms with E-state index >= 15 is 0 Å². The lowest BCUT2D eigenvalue weighted by atomic mass is 10.1. The number of hydrogen-bond donors (Lipinski definition) is 3. The van der Waals surface area contributed by atoms with Crippen molar-refractivity contribution in [2.24, 2.45) is 0 Å². The number of amides is 1. The summed E-state index contributed by atoms with van der Waals surface area (Å²) in [4.78, 5) is 12.2. The van der Waals surface area contributed by atoms with E-state index in [4.69, 9.17) is 17.4 Å². The van der Waals surface area contributed by atoms with Crippen LogP contribution < -0.4 is 11.2 Å². The number of carbonyl (C=O) groups is 1. The maximum Gasteiger partial charge on any atom is 0.234 e. The maximum absolute atomic E-state index is 12.2. The van der Waals surface area contributed by atoms with Crippen molar-refractivity contribution in [3.05, 3.63) is 65.2 Å². The Balaban J connectivity index is 1.42. The third-order valence-corrected chi connectivity index (χ3v) is 5.45. The van der Waals surface area contributed by atoms with Crippen LogP contribution in [0.15, 0.2) is 59.8 Å². The molecule has 0 spiro atoms. The highest BCUT2D eigenvalue weighted by Crippen LogP contribution is 2.25. The van der Waals surface area contributed by atoms with Gasteiger partial charge in [-0.3, -0.25) is 9.89 Å². The lowest BCUT2D eigenvalue weighted by molar-refractivity contribution is -0.113. The standard InChI is InChI=1S/C20H18ClN7OS/c1-12-3-2-4-15(9-12)23-18(29)11-30-20-27-26-19(28(20)22)17-10-16(24-25-17)13-5-7-14(21)8-6-13/h2-10H,11,22H2,1H3,(H,23,29)(H,24,25). The molecule has 0 aliphatic rings. The van der Waals surface area contributed by atoms with E-state index in [-0.39, 0.29) is 11.7 Å². The minimum absolute atomic E-state index is 0.151. The van der Waals surface area contributed by atoms with Crippen LogP contribution in [0.25, 0.3) is 22.8 Å². The van der Waals surface area contributed by atoms with Crippen molar-refractivity contribution in [3.8, 4) is 22.8 Å². The van der Waals surface area contributed by atoms with Gasteiger partial charge in [-0.15, -0.1) is 10.2 Å². The summed E-state index contributed by atoms with van der Waals surface area (Å²) in [5.74, 6) is 6.56. The fourth-order valence-corrected chi connectivity index (χ4v) is 3.60. The number of nitrogen functional groups attached to an aromatic ring is 1. The largest absolute Gasteiger partial charge is 0.335 e. The average Bonchev–Trinajstić information content (AvgIpc) is 3.34. The zero-order chi connectivity index (χ0) is 21.1. The molecule has 0 bridgehead atoms. The van der Waals surface area contributed by atoms with Crippen molar-refractivity contribution in [1.29, 1.82) is 0 Å². The van der Waals surface area contributed by atoms with Gasteiger partial charge >= 0.3 is 0 Å². The van der Waals surface area contributed by atoms with Crippen LogP contribution in [-0.2, 0) is 4.79 Å². The fraction of sp³-hybridized carbons (Fsp3) is 0.100. The number of nitrogens with two attached hydrogens (primary N) is 1. The summed E-state index contributed by atoms with van der Waals surface area (Å²) in [6.07, 6.45) is 0. The van der Waals surface area contributed by atoms with Crippen LogP contribution in [-0.4, -0.2) is 36.7 Å². The molecule has 8 nitrogen and oxygen atoms in total. The van der Waals surface area contributed by atoms with Crippen LogP contribution in [0, 0.1) is 6.92 Å². The molecule has 0 aliphatic carbocycles. The molecule has 2 aromatic heterocycles. The number of nitrogens with one attached hydrogen (secondary N) is 2. The van der Waals surface area contributed by atoms with Crippen LogP contribution in [0.4, 0.5) is 5.69 Å². The normalized spacial score (nSPS) is 10.9. The van der Waals surface area contributed by atoms with Crippen molar-refractivity contribution in [2.75, 3.05) is 16.9 Å². The van der Waals surface area contributed by atoms with Gasteiger partial charge in [0.1, 0.15) is 5.69 Å². The molecule has 2 aromatic carbocycles. The number of aryl methyl sites for hydroxylation is 1. The zero-order valence-electron chi connectivity index (χ0n) is 16.0. The third-order valence-electron chi connectivity index (χ3n) is 4.26. The van der Waals surface area contributed by atoms with Crippen LogP contribution in [0.3, 0.4) is 0 Å². The van der Waals surface area contributed by atoms with E-state index in [0.29, 0.717) is 21.7 Å². The van der Waals surface area contributed by atoms with Gasteiger partial charge in [0.05, 0.1) is 11.4 Å². The molecule has 0 saturated heterocycles. The number of carbonyl (C=O) groups excluding carboxylic acids is 1. The number of H-pyrrole nitrogens is 1. The molecule has 30 heavy (non-hydrogen) atoms. The summed E-state index contributed by atoms with van der Waals surface area (Å²) >= 11 is 7.13. The minimum atomic E-state index is -0.151. The van der Waals surface area contributed by atoms with E-state index in [1.807, 2.05) is 49.4 Å². The van der Waals surface area contributed by atoms with Gasteiger partial charge < -0.3 is 11.2 Å². The quantitative estimate of drug-likeness (QED) is 0.311.